The highest BCUT2D eigenvalue weighted by molar-refractivity contribution is 7.89. The fraction of sp³-hybridized carbons (Fsp3) is 0.222. The molecule has 0 bridgehead atoms. The Kier molecular flexibility index (Phi) is 4.81. The first-order chi connectivity index (χ1) is 13.0. The van der Waals surface area contributed by atoms with Crippen molar-refractivity contribution in [3.8, 4) is 10.6 Å². The molecule has 0 spiro atoms. The summed E-state index contributed by atoms with van der Waals surface area (Å²) in [6, 6.07) is 12.2. The third-order valence-electron chi connectivity index (χ3n) is 4.18. The maximum absolute atomic E-state index is 12.3. The lowest BCUT2D eigenvalue weighted by atomic mass is 10.2. The summed E-state index contributed by atoms with van der Waals surface area (Å²) in [5.74, 6) is -0.291. The molecule has 1 aliphatic carbocycles. The Balaban J connectivity index is 1.36. The van der Waals surface area contributed by atoms with Gasteiger partial charge in [0.1, 0.15) is 0 Å². The van der Waals surface area contributed by atoms with E-state index >= 15 is 0 Å². The Bertz CT molecular complexity index is 1040. The first kappa shape index (κ1) is 17.9. The van der Waals surface area contributed by atoms with Crippen molar-refractivity contribution < 1.29 is 13.2 Å². The molecule has 3 aromatic rings. The van der Waals surface area contributed by atoms with Gasteiger partial charge in [0, 0.05) is 12.6 Å². The van der Waals surface area contributed by atoms with E-state index in [1.54, 1.807) is 41.7 Å². The van der Waals surface area contributed by atoms with Gasteiger partial charge in [0.2, 0.25) is 10.0 Å². The summed E-state index contributed by atoms with van der Waals surface area (Å²) in [6.07, 6.45) is 1.79. The van der Waals surface area contributed by atoms with Crippen molar-refractivity contribution >= 4 is 27.3 Å². The first-order valence-corrected chi connectivity index (χ1v) is 10.9. The van der Waals surface area contributed by atoms with Crippen LogP contribution in [0, 0.1) is 0 Å². The number of rotatable bonds is 7. The van der Waals surface area contributed by atoms with Gasteiger partial charge in [-0.2, -0.15) is 5.10 Å². The molecule has 0 unspecified atom stereocenters. The zero-order valence-electron chi connectivity index (χ0n) is 14.3. The van der Waals surface area contributed by atoms with Crippen LogP contribution in [-0.2, 0) is 16.6 Å². The van der Waals surface area contributed by atoms with E-state index in [1.165, 1.54) is 0 Å². The Morgan fingerprint density at radius 2 is 2.00 bits per heavy atom. The van der Waals surface area contributed by atoms with Crippen molar-refractivity contribution in [3.05, 3.63) is 59.1 Å². The monoisotopic (exact) mass is 402 g/mol. The van der Waals surface area contributed by atoms with Crippen LogP contribution in [0.5, 0.6) is 0 Å². The van der Waals surface area contributed by atoms with Gasteiger partial charge in [-0.1, -0.05) is 18.2 Å². The molecule has 1 saturated carbocycles. The number of aromatic amines is 1. The molecule has 1 aromatic carbocycles. The predicted molar refractivity (Wildman–Crippen MR) is 103 cm³/mol. The highest BCUT2D eigenvalue weighted by Crippen LogP contribution is 2.23. The van der Waals surface area contributed by atoms with Gasteiger partial charge in [-0.25, -0.2) is 13.1 Å². The van der Waals surface area contributed by atoms with Crippen LogP contribution in [-0.4, -0.2) is 30.6 Å². The Morgan fingerprint density at radius 3 is 2.67 bits per heavy atom. The molecular formula is C18H18N4O3S2. The number of sulfonamides is 1. The molecule has 3 N–H and O–H groups in total. The number of hydrogen-bond donors (Lipinski definition) is 3. The molecule has 1 amide bonds. The van der Waals surface area contributed by atoms with Crippen molar-refractivity contribution in [3.63, 3.8) is 0 Å². The zero-order chi connectivity index (χ0) is 18.9. The van der Waals surface area contributed by atoms with E-state index in [2.05, 4.69) is 20.2 Å². The van der Waals surface area contributed by atoms with Crippen molar-refractivity contribution in [1.82, 2.24) is 20.2 Å². The number of amides is 1. The second-order valence-electron chi connectivity index (χ2n) is 6.37. The largest absolute Gasteiger partial charge is 0.347 e. The Labute approximate surface area is 160 Å². The zero-order valence-corrected chi connectivity index (χ0v) is 15.9. The quantitative estimate of drug-likeness (QED) is 0.565. The molecule has 1 fully saturated rings. The number of thiophene rings is 1. The van der Waals surface area contributed by atoms with Gasteiger partial charge in [0.05, 0.1) is 15.5 Å². The van der Waals surface area contributed by atoms with Gasteiger partial charge in [-0.05, 0) is 48.1 Å². The van der Waals surface area contributed by atoms with Gasteiger partial charge < -0.3 is 5.32 Å². The summed E-state index contributed by atoms with van der Waals surface area (Å²) in [6.45, 7) is 0.288. The van der Waals surface area contributed by atoms with Gasteiger partial charge in [0.15, 0.2) is 5.69 Å². The summed E-state index contributed by atoms with van der Waals surface area (Å²) in [4.78, 5) is 13.5. The lowest BCUT2D eigenvalue weighted by Crippen LogP contribution is -2.26. The molecule has 27 heavy (non-hydrogen) atoms. The van der Waals surface area contributed by atoms with Crippen LogP contribution < -0.4 is 10.0 Å². The minimum atomic E-state index is -3.46. The first-order valence-electron chi connectivity index (χ1n) is 8.50. The second-order valence-corrected chi connectivity index (χ2v) is 9.03. The minimum absolute atomic E-state index is 0.0712. The van der Waals surface area contributed by atoms with E-state index in [0.29, 0.717) is 5.69 Å². The van der Waals surface area contributed by atoms with Gasteiger partial charge in [-0.3, -0.25) is 9.89 Å². The fourth-order valence-electron chi connectivity index (χ4n) is 2.54. The molecule has 2 aromatic heterocycles. The van der Waals surface area contributed by atoms with Crippen LogP contribution in [0.25, 0.3) is 10.6 Å². The average molecular weight is 403 g/mol. The maximum atomic E-state index is 12.3. The second kappa shape index (κ2) is 7.26. The maximum Gasteiger partial charge on any atom is 0.272 e. The van der Waals surface area contributed by atoms with Crippen LogP contribution in [0.4, 0.5) is 0 Å². The standard InChI is InChI=1S/C18H18N4O3S2/c23-18(16-10-15(20-21-16)17-2-1-9-26-17)19-11-12-3-7-14(8-4-12)27(24,25)22-13-5-6-13/h1-4,7-10,13,22H,5-6,11H2,(H,19,23)(H,20,21). The smallest absolute Gasteiger partial charge is 0.272 e. The fourth-order valence-corrected chi connectivity index (χ4v) is 4.54. The lowest BCUT2D eigenvalue weighted by Gasteiger charge is -2.07. The Morgan fingerprint density at radius 1 is 1.22 bits per heavy atom. The molecule has 2 heterocycles. The third kappa shape index (κ3) is 4.26. The van der Waals surface area contributed by atoms with E-state index in [0.717, 1.165) is 29.0 Å². The number of aromatic nitrogens is 2. The van der Waals surface area contributed by atoms with Crippen LogP contribution >= 0.6 is 11.3 Å². The Hall–Kier alpha value is -2.49. The number of carbonyl (C=O) groups is 1. The lowest BCUT2D eigenvalue weighted by molar-refractivity contribution is 0.0946. The van der Waals surface area contributed by atoms with Crippen LogP contribution in [0.15, 0.2) is 52.7 Å². The predicted octanol–water partition coefficient (Wildman–Crippen LogP) is 2.51. The molecule has 140 valence electrons. The topological polar surface area (TPSA) is 104 Å². The number of nitrogens with one attached hydrogen (secondary N) is 3. The summed E-state index contributed by atoms with van der Waals surface area (Å²) < 4.78 is 26.9. The van der Waals surface area contributed by atoms with Crippen molar-refractivity contribution in [1.29, 1.82) is 0 Å². The molecular weight excluding hydrogens is 384 g/mol. The summed E-state index contributed by atoms with van der Waals surface area (Å²) in [5, 5.41) is 11.7. The molecule has 0 saturated heterocycles. The van der Waals surface area contributed by atoms with Crippen molar-refractivity contribution in [2.75, 3.05) is 0 Å². The van der Waals surface area contributed by atoms with E-state index in [4.69, 9.17) is 0 Å². The molecule has 7 nitrogen and oxygen atoms in total. The molecule has 4 rings (SSSR count). The van der Waals surface area contributed by atoms with Gasteiger partial charge in [0.25, 0.3) is 5.91 Å². The molecule has 0 radical (unpaired) electrons. The van der Waals surface area contributed by atoms with E-state index in [1.807, 2.05) is 17.5 Å². The van der Waals surface area contributed by atoms with Crippen LogP contribution in [0.2, 0.25) is 0 Å². The van der Waals surface area contributed by atoms with Gasteiger partial charge >= 0.3 is 0 Å². The number of hydrogen-bond acceptors (Lipinski definition) is 5. The molecule has 1 aliphatic rings. The van der Waals surface area contributed by atoms with Gasteiger partial charge in [-0.15, -0.1) is 11.3 Å². The molecule has 0 atom stereocenters. The van der Waals surface area contributed by atoms with E-state index in [9.17, 15) is 13.2 Å². The number of nitrogens with zero attached hydrogens (tertiary/aromatic N) is 1. The highest BCUT2D eigenvalue weighted by Gasteiger charge is 2.27. The van der Waals surface area contributed by atoms with E-state index in [-0.39, 0.29) is 23.4 Å². The summed E-state index contributed by atoms with van der Waals surface area (Å²) >= 11 is 1.56. The number of benzene rings is 1. The van der Waals surface area contributed by atoms with Crippen LogP contribution in [0.1, 0.15) is 28.9 Å². The van der Waals surface area contributed by atoms with Crippen molar-refractivity contribution in [2.24, 2.45) is 0 Å². The molecule has 9 heteroatoms. The molecule has 0 aliphatic heterocycles. The number of H-pyrrole nitrogens is 1. The SMILES string of the molecule is O=C(NCc1ccc(S(=O)(=O)NC2CC2)cc1)c1cc(-c2cccs2)[nH]n1. The van der Waals surface area contributed by atoms with Crippen LogP contribution in [0.3, 0.4) is 0 Å². The third-order valence-corrected chi connectivity index (χ3v) is 6.62. The number of carbonyl (C=O) groups excluding carboxylic acids is 1. The summed E-state index contributed by atoms with van der Waals surface area (Å²) in [7, 11) is -3.46. The minimum Gasteiger partial charge on any atom is -0.347 e. The summed E-state index contributed by atoms with van der Waals surface area (Å²) in [5.41, 5.74) is 1.92. The van der Waals surface area contributed by atoms with Crippen molar-refractivity contribution in [2.45, 2.75) is 30.3 Å². The average Bonchev–Trinajstić information content (AvgIpc) is 3.14. The normalized spacial score (nSPS) is 14.2. The highest BCUT2D eigenvalue weighted by atomic mass is 32.2. The van der Waals surface area contributed by atoms with E-state index < -0.39 is 10.0 Å².